The molecule has 0 bridgehead atoms. The first-order valence-electron chi connectivity index (χ1n) is 10.3. The molecule has 0 heterocycles. The fourth-order valence-electron chi connectivity index (χ4n) is 4.09. The van der Waals surface area contributed by atoms with Crippen molar-refractivity contribution in [3.63, 3.8) is 0 Å². The van der Waals surface area contributed by atoms with E-state index in [9.17, 15) is 60.7 Å². The number of carboxylic acid groups (broad SMARTS) is 1. The minimum atomic E-state index is -4.00. The Morgan fingerprint density at radius 1 is 0.812 bits per heavy atom. The van der Waals surface area contributed by atoms with Crippen LogP contribution in [0.2, 0.25) is 0 Å². The Labute approximate surface area is 183 Å². The molecule has 1 saturated carbocycles. The molecule has 0 spiro atoms. The Morgan fingerprint density at radius 2 is 1.28 bits per heavy atom. The monoisotopic (exact) mass is 470 g/mol. The summed E-state index contributed by atoms with van der Waals surface area (Å²) in [7, 11) is 0. The zero-order chi connectivity index (χ0) is 24.9. The maximum atomic E-state index is 13.3. The van der Waals surface area contributed by atoms with Gasteiger partial charge in [0.05, 0.1) is 13.2 Å². The van der Waals surface area contributed by atoms with Gasteiger partial charge in [-0.25, -0.2) is 4.79 Å². The van der Waals surface area contributed by atoms with Crippen molar-refractivity contribution in [2.45, 2.75) is 92.3 Å². The summed E-state index contributed by atoms with van der Waals surface area (Å²) in [5.41, 5.74) is -10.2. The summed E-state index contributed by atoms with van der Waals surface area (Å²) in [4.78, 5) is 25.2. The van der Waals surface area contributed by atoms with Gasteiger partial charge in [-0.2, -0.15) is 0 Å². The van der Waals surface area contributed by atoms with E-state index in [0.717, 1.165) is 0 Å². The fourth-order valence-corrected chi connectivity index (χ4v) is 4.09. The van der Waals surface area contributed by atoms with Gasteiger partial charge in [0.25, 0.3) is 5.60 Å². The number of hydrogen-bond donors (Lipinski definition) is 11. The molecule has 0 aromatic rings. The number of aliphatic hydroxyl groups is 10. The predicted octanol–water partition coefficient (Wildman–Crippen LogP) is -4.63. The number of ketones is 1. The van der Waals surface area contributed by atoms with Crippen molar-refractivity contribution in [1.29, 1.82) is 0 Å². The van der Waals surface area contributed by atoms with Crippen LogP contribution < -0.4 is 0 Å². The van der Waals surface area contributed by atoms with Crippen molar-refractivity contribution in [3.05, 3.63) is 0 Å². The largest absolute Gasteiger partial charge is 0.479 e. The number of aliphatic hydroxyl groups excluding tert-OH is 7. The third-order valence-electron chi connectivity index (χ3n) is 6.23. The minimum Gasteiger partial charge on any atom is -0.479 e. The molecule has 1 rings (SSSR count). The third kappa shape index (κ3) is 5.12. The molecule has 1 aliphatic rings. The average molecular weight is 470 g/mol. The second-order valence-corrected chi connectivity index (χ2v) is 8.33. The summed E-state index contributed by atoms with van der Waals surface area (Å²) in [5, 5.41) is 111. The highest BCUT2D eigenvalue weighted by Gasteiger charge is 2.67. The van der Waals surface area contributed by atoms with Crippen LogP contribution >= 0.6 is 0 Å². The van der Waals surface area contributed by atoms with Crippen LogP contribution in [0.1, 0.15) is 44.9 Å². The summed E-state index contributed by atoms with van der Waals surface area (Å²) < 4.78 is 0. The number of Topliss-reactive ketones (excluding diaryl/α,β-unsaturated/α-hetero) is 1. The van der Waals surface area contributed by atoms with Crippen LogP contribution in [-0.2, 0) is 9.59 Å². The predicted molar refractivity (Wildman–Crippen MR) is 104 cm³/mol. The van der Waals surface area contributed by atoms with Crippen molar-refractivity contribution >= 4 is 11.8 Å². The molecule has 13 nitrogen and oxygen atoms in total. The van der Waals surface area contributed by atoms with E-state index in [-0.39, 0.29) is 12.8 Å². The summed E-state index contributed by atoms with van der Waals surface area (Å²) in [6.45, 7) is -2.28. The molecule has 32 heavy (non-hydrogen) atoms. The van der Waals surface area contributed by atoms with E-state index >= 15 is 0 Å². The normalized spacial score (nSPS) is 31.7. The number of carbonyl (C=O) groups excluding carboxylic acids is 1. The Bertz CT molecular complexity index is 645. The van der Waals surface area contributed by atoms with E-state index in [1.807, 2.05) is 0 Å². The van der Waals surface area contributed by atoms with E-state index < -0.39 is 85.1 Å². The van der Waals surface area contributed by atoms with Crippen molar-refractivity contribution in [3.8, 4) is 0 Å². The first kappa shape index (κ1) is 28.8. The smallest absolute Gasteiger partial charge is 0.346 e. The molecular formula is C19H34O13. The molecule has 11 N–H and O–H groups in total. The summed E-state index contributed by atoms with van der Waals surface area (Å²) in [6.07, 6.45) is -11.9. The molecule has 13 heteroatoms. The third-order valence-corrected chi connectivity index (χ3v) is 6.23. The molecule has 0 aromatic heterocycles. The second-order valence-electron chi connectivity index (χ2n) is 8.33. The lowest BCUT2D eigenvalue weighted by molar-refractivity contribution is -0.244. The van der Waals surface area contributed by atoms with Gasteiger partial charge in [-0.3, -0.25) is 4.79 Å². The molecule has 188 valence electrons. The highest BCUT2D eigenvalue weighted by molar-refractivity contribution is 6.11. The van der Waals surface area contributed by atoms with E-state index in [4.69, 9.17) is 5.11 Å². The van der Waals surface area contributed by atoms with E-state index in [1.165, 1.54) is 0 Å². The first-order valence-corrected chi connectivity index (χ1v) is 10.3. The highest BCUT2D eigenvalue weighted by Crippen LogP contribution is 2.42. The summed E-state index contributed by atoms with van der Waals surface area (Å²) >= 11 is 0. The lowest BCUT2D eigenvalue weighted by atomic mass is 9.65. The fraction of sp³-hybridized carbons (Fsp3) is 0.895. The number of rotatable bonds is 10. The number of aliphatic carboxylic acids is 1. The molecule has 1 aliphatic carbocycles. The van der Waals surface area contributed by atoms with Crippen molar-refractivity contribution in [2.75, 3.05) is 13.2 Å². The van der Waals surface area contributed by atoms with Gasteiger partial charge in [-0.05, 0) is 12.8 Å². The van der Waals surface area contributed by atoms with Crippen LogP contribution in [0, 0.1) is 0 Å². The van der Waals surface area contributed by atoms with Gasteiger partial charge in [-0.15, -0.1) is 0 Å². The van der Waals surface area contributed by atoms with Crippen LogP contribution in [0.4, 0.5) is 0 Å². The Hall–Kier alpha value is -1.26. The highest BCUT2D eigenvalue weighted by atomic mass is 16.4. The van der Waals surface area contributed by atoms with Gasteiger partial charge >= 0.3 is 5.97 Å². The van der Waals surface area contributed by atoms with Gasteiger partial charge in [0, 0.05) is 0 Å². The Kier molecular flexibility index (Phi) is 10.1. The summed E-state index contributed by atoms with van der Waals surface area (Å²) in [6, 6.07) is 0. The van der Waals surface area contributed by atoms with E-state index in [1.54, 1.807) is 0 Å². The van der Waals surface area contributed by atoms with Crippen LogP contribution in [0.3, 0.4) is 0 Å². The SMILES string of the molecule is O=C(O)C(O)(C(=O)C1(O)CCCCCCCC1(O)C(O)C(O)CO)C(O)C(O)C(O)CO. The van der Waals surface area contributed by atoms with Gasteiger partial charge in [0.2, 0.25) is 5.78 Å². The molecule has 0 aliphatic heterocycles. The lowest BCUT2D eigenvalue weighted by Gasteiger charge is -2.48. The molecule has 8 unspecified atom stereocenters. The second kappa shape index (κ2) is 11.2. The molecular weight excluding hydrogens is 436 g/mol. The van der Waals surface area contributed by atoms with Gasteiger partial charge in [0.1, 0.15) is 36.1 Å². The van der Waals surface area contributed by atoms with Crippen LogP contribution in [-0.4, -0.2) is 128 Å². The number of hydrogen-bond acceptors (Lipinski definition) is 12. The quantitative estimate of drug-likeness (QED) is 0.134. The average Bonchev–Trinajstić information content (AvgIpc) is 2.85. The van der Waals surface area contributed by atoms with Crippen LogP contribution in [0.5, 0.6) is 0 Å². The zero-order valence-corrected chi connectivity index (χ0v) is 17.5. The van der Waals surface area contributed by atoms with Crippen molar-refractivity contribution in [1.82, 2.24) is 0 Å². The minimum absolute atomic E-state index is 0.000102. The lowest BCUT2D eigenvalue weighted by Crippen LogP contribution is -2.75. The van der Waals surface area contributed by atoms with Gasteiger partial charge in [0.15, 0.2) is 5.60 Å². The number of carboxylic acids is 1. The molecule has 0 aromatic carbocycles. The molecule has 0 radical (unpaired) electrons. The van der Waals surface area contributed by atoms with Gasteiger partial charge < -0.3 is 56.2 Å². The summed E-state index contributed by atoms with van der Waals surface area (Å²) in [5.74, 6) is -4.56. The maximum absolute atomic E-state index is 13.3. The van der Waals surface area contributed by atoms with Crippen molar-refractivity contribution in [2.24, 2.45) is 0 Å². The first-order chi connectivity index (χ1) is 14.7. The van der Waals surface area contributed by atoms with E-state index in [0.29, 0.717) is 19.3 Å². The van der Waals surface area contributed by atoms with Gasteiger partial charge in [-0.1, -0.05) is 32.1 Å². The topological polar surface area (TPSA) is 257 Å². The van der Waals surface area contributed by atoms with E-state index in [2.05, 4.69) is 0 Å². The molecule has 0 saturated heterocycles. The molecule has 0 amide bonds. The van der Waals surface area contributed by atoms with Crippen LogP contribution in [0.15, 0.2) is 0 Å². The zero-order valence-electron chi connectivity index (χ0n) is 17.5. The molecule has 1 fully saturated rings. The number of carbonyl (C=O) groups is 2. The molecule has 8 atom stereocenters. The van der Waals surface area contributed by atoms with Crippen LogP contribution in [0.25, 0.3) is 0 Å². The Morgan fingerprint density at radius 3 is 1.75 bits per heavy atom. The maximum Gasteiger partial charge on any atom is 0.346 e. The standard InChI is InChI=1S/C19H34O13/c20-8-10(22)12(24)14(26)19(32,16(28)29)15(27)18(31)7-5-3-1-2-4-6-17(18,30)13(25)11(23)9-21/h10-14,20-26,30-32H,1-9H2,(H,28,29). The Balaban J connectivity index is 3.66. The van der Waals surface area contributed by atoms with Crippen molar-refractivity contribution < 1.29 is 65.8 Å².